The third-order valence-electron chi connectivity index (χ3n) is 4.66. The number of carbonyl (C=O) groups is 2. The molecule has 1 aliphatic rings. The number of nitrogens with zero attached hydrogens (tertiary/aromatic N) is 2. The summed E-state index contributed by atoms with van der Waals surface area (Å²) in [6.07, 6.45) is 4.72. The van der Waals surface area contributed by atoms with Crippen molar-refractivity contribution in [2.45, 2.75) is 32.7 Å². The first-order chi connectivity index (χ1) is 12.6. The number of benzene rings is 1. The van der Waals surface area contributed by atoms with Gasteiger partial charge in [0.05, 0.1) is 11.6 Å². The average molecular weight is 350 g/mol. The lowest BCUT2D eigenvalue weighted by Crippen LogP contribution is -2.30. The van der Waals surface area contributed by atoms with Gasteiger partial charge < -0.3 is 10.0 Å². The van der Waals surface area contributed by atoms with E-state index in [1.165, 1.54) is 5.56 Å². The number of ketones is 1. The van der Waals surface area contributed by atoms with Gasteiger partial charge in [0.15, 0.2) is 0 Å². The van der Waals surface area contributed by atoms with Gasteiger partial charge in [-0.1, -0.05) is 38.1 Å². The summed E-state index contributed by atoms with van der Waals surface area (Å²) in [6, 6.07) is 10.5. The first kappa shape index (κ1) is 17.9. The van der Waals surface area contributed by atoms with Gasteiger partial charge in [0.1, 0.15) is 5.76 Å². The molecule has 26 heavy (non-hydrogen) atoms. The largest absolute Gasteiger partial charge is 0.507 e. The van der Waals surface area contributed by atoms with Crippen LogP contribution in [-0.4, -0.2) is 33.2 Å². The molecule has 1 N–H and O–H groups in total. The first-order valence-electron chi connectivity index (χ1n) is 8.86. The predicted molar refractivity (Wildman–Crippen MR) is 99.4 cm³/mol. The van der Waals surface area contributed by atoms with Crippen LogP contribution in [0.15, 0.2) is 54.4 Å². The van der Waals surface area contributed by atoms with E-state index in [4.69, 9.17) is 0 Å². The number of hydrogen-bond donors (Lipinski definition) is 1. The Morgan fingerprint density at radius 3 is 2.31 bits per heavy atom. The molecule has 2 aromatic rings. The number of amides is 1. The fourth-order valence-corrected chi connectivity index (χ4v) is 3.30. The van der Waals surface area contributed by atoms with Gasteiger partial charge in [-0.3, -0.25) is 14.6 Å². The topological polar surface area (TPSA) is 70.5 Å². The lowest BCUT2D eigenvalue weighted by molar-refractivity contribution is -0.139. The molecule has 1 fully saturated rings. The average Bonchev–Trinajstić information content (AvgIpc) is 2.93. The number of rotatable bonds is 5. The van der Waals surface area contributed by atoms with E-state index in [0.717, 1.165) is 18.4 Å². The summed E-state index contributed by atoms with van der Waals surface area (Å²) >= 11 is 0. The molecule has 1 atom stereocenters. The molecule has 1 aromatic heterocycles. The van der Waals surface area contributed by atoms with E-state index in [1.807, 2.05) is 31.2 Å². The maximum absolute atomic E-state index is 12.7. The standard InChI is InChI=1S/C21H22N2O3/c1-3-13-23-18(15-7-5-14(4-2)6-8-15)17(20(25)21(23)26)19(24)16-9-11-22-12-10-16/h5-12,18,24H,3-4,13H2,1-2H3/b19-17-. The summed E-state index contributed by atoms with van der Waals surface area (Å²) in [4.78, 5) is 30.7. The number of likely N-dealkylation sites (tertiary alicyclic amines) is 1. The fourth-order valence-electron chi connectivity index (χ4n) is 3.30. The molecule has 1 aliphatic heterocycles. The summed E-state index contributed by atoms with van der Waals surface area (Å²) in [5.41, 5.74) is 2.62. The first-order valence-corrected chi connectivity index (χ1v) is 8.86. The number of pyridine rings is 1. The monoisotopic (exact) mass is 350 g/mol. The van der Waals surface area contributed by atoms with Gasteiger partial charge in [0.25, 0.3) is 11.7 Å². The highest BCUT2D eigenvalue weighted by Crippen LogP contribution is 2.39. The number of aliphatic hydroxyl groups is 1. The second-order valence-electron chi connectivity index (χ2n) is 6.32. The minimum atomic E-state index is -0.641. The van der Waals surface area contributed by atoms with Gasteiger partial charge in [-0.05, 0) is 36.1 Å². The van der Waals surface area contributed by atoms with Crippen molar-refractivity contribution in [3.8, 4) is 0 Å². The lowest BCUT2D eigenvalue weighted by Gasteiger charge is -2.25. The molecule has 5 heteroatoms. The van der Waals surface area contributed by atoms with Crippen molar-refractivity contribution in [2.24, 2.45) is 0 Å². The Labute approximate surface area is 153 Å². The molecule has 1 amide bonds. The summed E-state index contributed by atoms with van der Waals surface area (Å²) in [7, 11) is 0. The van der Waals surface area contributed by atoms with Crippen molar-refractivity contribution in [3.05, 3.63) is 71.1 Å². The highest BCUT2D eigenvalue weighted by molar-refractivity contribution is 6.46. The maximum Gasteiger partial charge on any atom is 0.295 e. The molecule has 1 saturated heterocycles. The van der Waals surface area contributed by atoms with Gasteiger partial charge in [-0.25, -0.2) is 0 Å². The van der Waals surface area contributed by atoms with Crippen molar-refractivity contribution in [2.75, 3.05) is 6.54 Å². The van der Waals surface area contributed by atoms with Crippen LogP contribution in [0.25, 0.3) is 5.76 Å². The Morgan fingerprint density at radius 1 is 1.08 bits per heavy atom. The fraction of sp³-hybridized carbons (Fsp3) is 0.286. The van der Waals surface area contributed by atoms with E-state index in [0.29, 0.717) is 12.1 Å². The molecule has 1 unspecified atom stereocenters. The smallest absolute Gasteiger partial charge is 0.295 e. The van der Waals surface area contributed by atoms with Crippen LogP contribution in [0.4, 0.5) is 0 Å². The molecule has 0 spiro atoms. The second kappa shape index (κ2) is 7.52. The Morgan fingerprint density at radius 2 is 1.73 bits per heavy atom. The van der Waals surface area contributed by atoms with Crippen molar-refractivity contribution in [1.82, 2.24) is 9.88 Å². The molecule has 2 heterocycles. The zero-order valence-electron chi connectivity index (χ0n) is 15.0. The maximum atomic E-state index is 12.7. The molecule has 5 nitrogen and oxygen atoms in total. The van der Waals surface area contributed by atoms with Gasteiger partial charge in [0, 0.05) is 24.5 Å². The Hall–Kier alpha value is -2.95. The minimum Gasteiger partial charge on any atom is -0.507 e. The Kier molecular flexibility index (Phi) is 5.16. The quantitative estimate of drug-likeness (QED) is 0.509. The summed E-state index contributed by atoms with van der Waals surface area (Å²) in [5.74, 6) is -1.36. The summed E-state index contributed by atoms with van der Waals surface area (Å²) < 4.78 is 0. The molecule has 1 aromatic carbocycles. The molecule has 3 rings (SSSR count). The Bertz CT molecular complexity index is 841. The second-order valence-corrected chi connectivity index (χ2v) is 6.32. The summed E-state index contributed by atoms with van der Waals surface area (Å²) in [5, 5.41) is 10.8. The van der Waals surface area contributed by atoms with Gasteiger partial charge in [-0.2, -0.15) is 0 Å². The third kappa shape index (κ3) is 3.12. The number of carbonyl (C=O) groups excluding carboxylic acids is 2. The van der Waals surface area contributed by atoms with Crippen LogP contribution in [-0.2, 0) is 16.0 Å². The van der Waals surface area contributed by atoms with E-state index in [9.17, 15) is 14.7 Å². The molecule has 134 valence electrons. The van der Waals surface area contributed by atoms with E-state index in [1.54, 1.807) is 29.4 Å². The van der Waals surface area contributed by atoms with Crippen LogP contribution in [0.1, 0.15) is 43.0 Å². The highest BCUT2D eigenvalue weighted by Gasteiger charge is 2.45. The van der Waals surface area contributed by atoms with Crippen LogP contribution >= 0.6 is 0 Å². The van der Waals surface area contributed by atoms with E-state index < -0.39 is 17.7 Å². The van der Waals surface area contributed by atoms with E-state index in [2.05, 4.69) is 11.9 Å². The molecular formula is C21H22N2O3. The number of Topliss-reactive ketones (excluding diaryl/α,β-unsaturated/α-hetero) is 1. The molecule has 0 aliphatic carbocycles. The van der Waals surface area contributed by atoms with Crippen molar-refractivity contribution >= 4 is 17.4 Å². The van der Waals surface area contributed by atoms with Crippen LogP contribution in [0.5, 0.6) is 0 Å². The third-order valence-corrected chi connectivity index (χ3v) is 4.66. The Balaban J connectivity index is 2.15. The molecule has 0 bridgehead atoms. The van der Waals surface area contributed by atoms with Crippen molar-refractivity contribution < 1.29 is 14.7 Å². The normalized spacial score (nSPS) is 19.2. The predicted octanol–water partition coefficient (Wildman–Crippen LogP) is 3.48. The van der Waals surface area contributed by atoms with E-state index in [-0.39, 0.29) is 11.3 Å². The van der Waals surface area contributed by atoms with Gasteiger partial charge >= 0.3 is 0 Å². The van der Waals surface area contributed by atoms with Crippen molar-refractivity contribution in [1.29, 1.82) is 0 Å². The van der Waals surface area contributed by atoms with Gasteiger partial charge in [-0.15, -0.1) is 0 Å². The zero-order valence-corrected chi connectivity index (χ0v) is 15.0. The van der Waals surface area contributed by atoms with Crippen molar-refractivity contribution in [3.63, 3.8) is 0 Å². The van der Waals surface area contributed by atoms with Crippen LogP contribution in [0, 0.1) is 0 Å². The van der Waals surface area contributed by atoms with Gasteiger partial charge in [0.2, 0.25) is 0 Å². The lowest BCUT2D eigenvalue weighted by atomic mass is 9.94. The zero-order chi connectivity index (χ0) is 18.7. The molecule has 0 saturated carbocycles. The molecule has 0 radical (unpaired) electrons. The minimum absolute atomic E-state index is 0.138. The number of aryl methyl sites for hydroxylation is 1. The van der Waals surface area contributed by atoms with Crippen LogP contribution < -0.4 is 0 Å². The SMILES string of the molecule is CCCN1C(=O)C(=O)/C(=C(\O)c2ccncc2)C1c1ccc(CC)cc1. The number of aromatic nitrogens is 1. The van der Waals surface area contributed by atoms with E-state index >= 15 is 0 Å². The summed E-state index contributed by atoms with van der Waals surface area (Å²) in [6.45, 7) is 4.49. The number of aliphatic hydroxyl groups excluding tert-OH is 1. The van der Waals surface area contributed by atoms with Crippen LogP contribution in [0.2, 0.25) is 0 Å². The highest BCUT2D eigenvalue weighted by atomic mass is 16.3. The van der Waals surface area contributed by atoms with Crippen LogP contribution in [0.3, 0.4) is 0 Å². The number of hydrogen-bond acceptors (Lipinski definition) is 4. The molecular weight excluding hydrogens is 328 g/mol.